The zero-order valence-corrected chi connectivity index (χ0v) is 13.6. The summed E-state index contributed by atoms with van der Waals surface area (Å²) >= 11 is 4.99. The molecule has 2 N–H and O–H groups in total. The summed E-state index contributed by atoms with van der Waals surface area (Å²) in [5, 5.41) is 5.05. The number of benzene rings is 1. The molecule has 4 nitrogen and oxygen atoms in total. The Morgan fingerprint density at radius 2 is 2.10 bits per heavy atom. The van der Waals surface area contributed by atoms with Gasteiger partial charge in [0.2, 0.25) is 0 Å². The molecule has 0 saturated heterocycles. The molecule has 21 heavy (non-hydrogen) atoms. The van der Waals surface area contributed by atoms with E-state index in [0.29, 0.717) is 5.56 Å². The molecule has 2 aromatic heterocycles. The molecule has 0 saturated carbocycles. The van der Waals surface area contributed by atoms with E-state index in [4.69, 9.17) is 0 Å². The molecule has 0 spiro atoms. The van der Waals surface area contributed by atoms with Gasteiger partial charge in [0.15, 0.2) is 0 Å². The molecule has 0 fully saturated rings. The van der Waals surface area contributed by atoms with Gasteiger partial charge < -0.3 is 4.98 Å². The van der Waals surface area contributed by atoms with Crippen molar-refractivity contribution in [2.24, 2.45) is 5.10 Å². The number of nitrogens with zero attached hydrogens (tertiary/aromatic N) is 1. The maximum atomic E-state index is 12.2. The molecule has 0 bridgehead atoms. The number of H-pyrrole nitrogens is 1. The Kier molecular flexibility index (Phi) is 3.90. The van der Waals surface area contributed by atoms with Crippen molar-refractivity contribution >= 4 is 49.8 Å². The summed E-state index contributed by atoms with van der Waals surface area (Å²) in [4.78, 5) is 16.3. The van der Waals surface area contributed by atoms with Crippen LogP contribution >= 0.6 is 27.3 Å². The van der Waals surface area contributed by atoms with Gasteiger partial charge in [-0.15, -0.1) is 11.3 Å². The number of para-hydroxylation sites is 1. The summed E-state index contributed by atoms with van der Waals surface area (Å²) in [5.41, 5.74) is 4.91. The highest BCUT2D eigenvalue weighted by molar-refractivity contribution is 9.11. The highest BCUT2D eigenvalue weighted by atomic mass is 79.9. The van der Waals surface area contributed by atoms with Crippen molar-refractivity contribution in [2.75, 3.05) is 0 Å². The molecule has 0 unspecified atom stereocenters. The summed E-state index contributed by atoms with van der Waals surface area (Å²) in [7, 11) is 0. The van der Waals surface area contributed by atoms with Crippen molar-refractivity contribution in [2.45, 2.75) is 6.92 Å². The lowest BCUT2D eigenvalue weighted by atomic mass is 10.2. The van der Waals surface area contributed by atoms with Crippen LogP contribution in [0.15, 0.2) is 51.5 Å². The van der Waals surface area contributed by atoms with Crippen LogP contribution in [-0.2, 0) is 0 Å². The van der Waals surface area contributed by atoms with Gasteiger partial charge in [-0.1, -0.05) is 18.2 Å². The van der Waals surface area contributed by atoms with Crippen molar-refractivity contribution in [1.29, 1.82) is 0 Å². The first-order valence-electron chi connectivity index (χ1n) is 6.31. The number of thiophene rings is 1. The van der Waals surface area contributed by atoms with E-state index in [1.165, 1.54) is 0 Å². The van der Waals surface area contributed by atoms with Crippen molar-refractivity contribution in [3.63, 3.8) is 0 Å². The van der Waals surface area contributed by atoms with Crippen molar-refractivity contribution in [3.05, 3.63) is 56.8 Å². The van der Waals surface area contributed by atoms with Crippen LogP contribution in [0.5, 0.6) is 0 Å². The first-order chi connectivity index (χ1) is 10.1. The summed E-state index contributed by atoms with van der Waals surface area (Å²) in [5.74, 6) is -0.220. The maximum absolute atomic E-state index is 12.2. The van der Waals surface area contributed by atoms with Crippen molar-refractivity contribution < 1.29 is 4.79 Å². The van der Waals surface area contributed by atoms with Gasteiger partial charge in [-0.25, -0.2) is 5.43 Å². The van der Waals surface area contributed by atoms with E-state index < -0.39 is 0 Å². The third kappa shape index (κ3) is 2.91. The summed E-state index contributed by atoms with van der Waals surface area (Å²) in [6.07, 6.45) is 1.70. The van der Waals surface area contributed by atoms with Gasteiger partial charge >= 0.3 is 0 Å². The van der Waals surface area contributed by atoms with E-state index in [0.717, 1.165) is 25.3 Å². The van der Waals surface area contributed by atoms with Gasteiger partial charge in [-0.2, -0.15) is 5.10 Å². The number of hydrogen-bond donors (Lipinski definition) is 2. The maximum Gasteiger partial charge on any atom is 0.273 e. The topological polar surface area (TPSA) is 57.2 Å². The Balaban J connectivity index is 1.80. The highest BCUT2D eigenvalue weighted by Crippen LogP contribution is 2.22. The number of hydrazone groups is 1. The van der Waals surface area contributed by atoms with Gasteiger partial charge in [-0.05, 0) is 41.1 Å². The number of carbonyl (C=O) groups excluding carboxylic acids is 1. The zero-order valence-electron chi connectivity index (χ0n) is 11.2. The summed E-state index contributed by atoms with van der Waals surface area (Å²) in [6.45, 7) is 1.87. The van der Waals surface area contributed by atoms with Crippen LogP contribution in [0.4, 0.5) is 0 Å². The minimum atomic E-state index is -0.220. The van der Waals surface area contributed by atoms with Crippen LogP contribution in [0, 0.1) is 0 Å². The molecule has 1 aromatic carbocycles. The Bertz CT molecular complexity index is 834. The number of amides is 1. The second kappa shape index (κ2) is 5.83. The van der Waals surface area contributed by atoms with Crippen LogP contribution in [0.25, 0.3) is 10.9 Å². The predicted octanol–water partition coefficient (Wildman–Crippen LogP) is 4.15. The van der Waals surface area contributed by atoms with E-state index >= 15 is 0 Å². The van der Waals surface area contributed by atoms with Crippen LogP contribution < -0.4 is 5.43 Å². The van der Waals surface area contributed by atoms with Crippen molar-refractivity contribution in [3.8, 4) is 0 Å². The molecule has 3 aromatic rings. The molecule has 1 amide bonds. The number of aromatic nitrogens is 1. The number of fused-ring (bicyclic) bond motifs is 1. The third-order valence-corrected chi connectivity index (χ3v) is 4.82. The van der Waals surface area contributed by atoms with Crippen LogP contribution in [0.1, 0.15) is 22.2 Å². The Morgan fingerprint density at radius 3 is 2.86 bits per heavy atom. The SMILES string of the molecule is CC(=NNC(=O)c1c[nH]c2ccccc12)c1ccc(Br)s1. The van der Waals surface area contributed by atoms with Crippen LogP contribution in [0.2, 0.25) is 0 Å². The fraction of sp³-hybridized carbons (Fsp3) is 0.0667. The van der Waals surface area contributed by atoms with E-state index in [-0.39, 0.29) is 5.91 Å². The smallest absolute Gasteiger partial charge is 0.273 e. The highest BCUT2D eigenvalue weighted by Gasteiger charge is 2.11. The lowest BCUT2D eigenvalue weighted by molar-refractivity contribution is 0.0956. The van der Waals surface area contributed by atoms with E-state index in [2.05, 4.69) is 31.4 Å². The number of hydrogen-bond acceptors (Lipinski definition) is 3. The van der Waals surface area contributed by atoms with Crippen molar-refractivity contribution in [1.82, 2.24) is 10.4 Å². The number of nitrogens with one attached hydrogen (secondary N) is 2. The van der Waals surface area contributed by atoms with E-state index in [9.17, 15) is 4.79 Å². The molecule has 0 radical (unpaired) electrons. The first kappa shape index (κ1) is 14.0. The molecule has 106 valence electrons. The molecule has 0 aliphatic heterocycles. The van der Waals surface area contributed by atoms with Crippen LogP contribution in [-0.4, -0.2) is 16.6 Å². The molecule has 3 rings (SSSR count). The minimum Gasteiger partial charge on any atom is -0.360 e. The van der Waals surface area contributed by atoms with Gasteiger partial charge in [0.25, 0.3) is 5.91 Å². The fourth-order valence-electron chi connectivity index (χ4n) is 2.02. The normalized spacial score (nSPS) is 11.8. The Labute approximate surface area is 134 Å². The third-order valence-electron chi connectivity index (χ3n) is 3.09. The minimum absolute atomic E-state index is 0.220. The molecule has 0 aliphatic rings. The second-order valence-electron chi connectivity index (χ2n) is 4.49. The molecule has 6 heteroatoms. The molecule has 2 heterocycles. The monoisotopic (exact) mass is 361 g/mol. The largest absolute Gasteiger partial charge is 0.360 e. The lowest BCUT2D eigenvalue weighted by Gasteiger charge is -2.00. The Hall–Kier alpha value is -1.92. The number of halogens is 1. The van der Waals surface area contributed by atoms with Crippen LogP contribution in [0.3, 0.4) is 0 Å². The number of carbonyl (C=O) groups is 1. The number of rotatable bonds is 3. The number of aromatic amines is 1. The molecular formula is C15H12BrN3OS. The second-order valence-corrected chi connectivity index (χ2v) is 6.95. The zero-order chi connectivity index (χ0) is 14.8. The molecule has 0 atom stereocenters. The lowest BCUT2D eigenvalue weighted by Crippen LogP contribution is -2.18. The molecule has 0 aliphatic carbocycles. The molecular weight excluding hydrogens is 350 g/mol. The van der Waals surface area contributed by atoms with Gasteiger partial charge in [-0.3, -0.25) is 4.79 Å². The predicted molar refractivity (Wildman–Crippen MR) is 90.0 cm³/mol. The van der Waals surface area contributed by atoms with Gasteiger partial charge in [0, 0.05) is 17.1 Å². The summed E-state index contributed by atoms with van der Waals surface area (Å²) in [6, 6.07) is 11.6. The standard InChI is InChI=1S/C15H12BrN3OS/c1-9(13-6-7-14(16)21-13)18-19-15(20)11-8-17-12-5-3-2-4-10(11)12/h2-8,17H,1H3,(H,19,20). The average molecular weight is 362 g/mol. The quantitative estimate of drug-likeness (QED) is 0.534. The van der Waals surface area contributed by atoms with E-state index in [1.807, 2.05) is 43.3 Å². The van der Waals surface area contributed by atoms with Gasteiger partial charge in [0.05, 0.1) is 19.9 Å². The average Bonchev–Trinajstić information content (AvgIpc) is 3.10. The van der Waals surface area contributed by atoms with E-state index in [1.54, 1.807) is 17.5 Å². The fourth-order valence-corrected chi connectivity index (χ4v) is 3.35. The Morgan fingerprint density at radius 1 is 1.29 bits per heavy atom. The first-order valence-corrected chi connectivity index (χ1v) is 7.92. The van der Waals surface area contributed by atoms with Gasteiger partial charge in [0.1, 0.15) is 0 Å². The summed E-state index contributed by atoms with van der Waals surface area (Å²) < 4.78 is 1.04.